The standard InChI is InChI=1S/C38H53NO2/c1-25(2)10-9-11-26(3)29-18-22-38(8)31-16-17-32-35(4,5)33(41-34(40)28-14-12-27(24-39)13-15-28)20-21-36(32,6)30(31)19-23-37(29,38)7/h10,12-15,26,29,32-33H,9,11,16-23H2,1-8H3/t26-,29-,32?,33+,36-,37-,38+/m1/s1. The fourth-order valence-electron chi connectivity index (χ4n) is 10.5. The predicted octanol–water partition coefficient (Wildman–Crippen LogP) is 10.2. The summed E-state index contributed by atoms with van der Waals surface area (Å²) in [6.45, 7) is 19.5. The lowest BCUT2D eigenvalue weighted by Gasteiger charge is -2.62. The van der Waals surface area contributed by atoms with E-state index in [-0.39, 0.29) is 22.9 Å². The van der Waals surface area contributed by atoms with Gasteiger partial charge in [-0.25, -0.2) is 4.79 Å². The van der Waals surface area contributed by atoms with E-state index < -0.39 is 0 Å². The van der Waals surface area contributed by atoms with Crippen LogP contribution in [0, 0.1) is 50.7 Å². The average Bonchev–Trinajstić information content (AvgIpc) is 3.21. The third-order valence-corrected chi connectivity index (χ3v) is 13.1. The number of rotatable bonds is 6. The van der Waals surface area contributed by atoms with Crippen LogP contribution >= 0.6 is 0 Å². The first-order valence-corrected chi connectivity index (χ1v) is 16.4. The van der Waals surface area contributed by atoms with Gasteiger partial charge in [0.1, 0.15) is 6.10 Å². The summed E-state index contributed by atoms with van der Waals surface area (Å²) in [7, 11) is 0. The highest BCUT2D eigenvalue weighted by Gasteiger charge is 2.63. The molecule has 1 unspecified atom stereocenters. The Balaban J connectivity index is 1.37. The van der Waals surface area contributed by atoms with Crippen molar-refractivity contribution in [3.8, 4) is 6.07 Å². The van der Waals surface area contributed by atoms with Gasteiger partial charge in [0, 0.05) is 5.41 Å². The van der Waals surface area contributed by atoms with E-state index in [2.05, 4.69) is 67.5 Å². The van der Waals surface area contributed by atoms with Crippen LogP contribution in [-0.2, 0) is 4.74 Å². The second-order valence-electron chi connectivity index (χ2n) is 15.6. The number of nitriles is 1. The molecular formula is C38H53NO2. The van der Waals surface area contributed by atoms with Crippen molar-refractivity contribution < 1.29 is 9.53 Å². The van der Waals surface area contributed by atoms with Gasteiger partial charge in [0.15, 0.2) is 0 Å². The van der Waals surface area contributed by atoms with Gasteiger partial charge in [-0.1, -0.05) is 64.3 Å². The van der Waals surface area contributed by atoms with Gasteiger partial charge in [-0.15, -0.1) is 0 Å². The first kappa shape index (κ1) is 30.1. The fourth-order valence-corrected chi connectivity index (χ4v) is 10.5. The van der Waals surface area contributed by atoms with Gasteiger partial charge in [0.25, 0.3) is 0 Å². The maximum absolute atomic E-state index is 13.1. The molecule has 1 aromatic carbocycles. The van der Waals surface area contributed by atoms with Crippen LogP contribution < -0.4 is 0 Å². The average molecular weight is 556 g/mol. The van der Waals surface area contributed by atoms with E-state index in [1.807, 2.05) is 5.57 Å². The summed E-state index contributed by atoms with van der Waals surface area (Å²) in [5.41, 5.74) is 6.95. The zero-order valence-electron chi connectivity index (χ0n) is 27.0. The van der Waals surface area contributed by atoms with E-state index >= 15 is 0 Å². The summed E-state index contributed by atoms with van der Waals surface area (Å²) in [5.74, 6) is 1.83. The molecule has 41 heavy (non-hydrogen) atoms. The Kier molecular flexibility index (Phi) is 7.89. The number of hydrogen-bond acceptors (Lipinski definition) is 3. The number of fused-ring (bicyclic) bond motifs is 4. The first-order chi connectivity index (χ1) is 19.3. The van der Waals surface area contributed by atoms with Crippen molar-refractivity contribution >= 4 is 5.97 Å². The van der Waals surface area contributed by atoms with Crippen LogP contribution in [-0.4, -0.2) is 12.1 Å². The molecule has 0 radical (unpaired) electrons. The molecule has 0 N–H and O–H groups in total. The Morgan fingerprint density at radius 1 is 1.00 bits per heavy atom. The number of nitrogens with zero attached hydrogens (tertiary/aromatic N) is 1. The Morgan fingerprint density at radius 2 is 1.71 bits per heavy atom. The Bertz CT molecular complexity index is 1270. The van der Waals surface area contributed by atoms with E-state index in [1.165, 1.54) is 56.9 Å². The summed E-state index contributed by atoms with van der Waals surface area (Å²) < 4.78 is 6.25. The summed E-state index contributed by atoms with van der Waals surface area (Å²) in [6.07, 6.45) is 14.6. The van der Waals surface area contributed by atoms with Gasteiger partial charge in [-0.2, -0.15) is 5.26 Å². The zero-order valence-corrected chi connectivity index (χ0v) is 27.0. The number of carbonyl (C=O) groups is 1. The summed E-state index contributed by atoms with van der Waals surface area (Å²) in [6, 6.07) is 8.96. The van der Waals surface area contributed by atoms with Gasteiger partial charge in [-0.05, 0) is 136 Å². The lowest BCUT2D eigenvalue weighted by molar-refractivity contribution is -0.104. The number of allylic oxidation sites excluding steroid dienone is 4. The van der Waals surface area contributed by atoms with Gasteiger partial charge in [0.05, 0.1) is 17.2 Å². The third kappa shape index (κ3) is 4.82. The number of benzene rings is 1. The molecule has 0 bridgehead atoms. The van der Waals surface area contributed by atoms with Crippen LogP contribution in [0.15, 0.2) is 47.1 Å². The molecule has 0 amide bonds. The third-order valence-electron chi connectivity index (χ3n) is 13.1. The second kappa shape index (κ2) is 10.7. The van der Waals surface area contributed by atoms with E-state index in [0.717, 1.165) is 24.7 Å². The molecular weight excluding hydrogens is 502 g/mol. The molecule has 1 aromatic rings. The van der Waals surface area contributed by atoms with Crippen molar-refractivity contribution in [3.05, 3.63) is 58.2 Å². The largest absolute Gasteiger partial charge is 0.458 e. The number of carbonyl (C=O) groups excluding carboxylic acids is 1. The molecule has 3 heteroatoms. The molecule has 222 valence electrons. The smallest absolute Gasteiger partial charge is 0.338 e. The molecule has 4 aliphatic carbocycles. The van der Waals surface area contributed by atoms with Gasteiger partial charge in [0.2, 0.25) is 0 Å². The molecule has 5 rings (SSSR count). The lowest BCUT2D eigenvalue weighted by Crippen LogP contribution is -2.55. The van der Waals surface area contributed by atoms with Crippen LogP contribution in [0.3, 0.4) is 0 Å². The Hall–Kier alpha value is -2.34. The molecule has 7 atom stereocenters. The van der Waals surface area contributed by atoms with Crippen LogP contribution in [0.2, 0.25) is 0 Å². The molecule has 0 saturated heterocycles. The normalized spacial score (nSPS) is 36.3. The zero-order chi connectivity index (χ0) is 29.8. The molecule has 0 aliphatic heterocycles. The van der Waals surface area contributed by atoms with Crippen LogP contribution in [0.1, 0.15) is 136 Å². The minimum Gasteiger partial charge on any atom is -0.458 e. The molecule has 0 spiro atoms. The van der Waals surface area contributed by atoms with Gasteiger partial charge >= 0.3 is 5.97 Å². The molecule has 0 heterocycles. The lowest BCUT2D eigenvalue weighted by atomic mass is 9.43. The monoisotopic (exact) mass is 555 g/mol. The second-order valence-corrected chi connectivity index (χ2v) is 15.6. The fraction of sp³-hybridized carbons (Fsp3) is 0.684. The Morgan fingerprint density at radius 3 is 2.37 bits per heavy atom. The highest BCUT2D eigenvalue weighted by atomic mass is 16.5. The summed E-state index contributed by atoms with van der Waals surface area (Å²) >= 11 is 0. The molecule has 0 aromatic heterocycles. The van der Waals surface area contributed by atoms with Crippen LogP contribution in [0.4, 0.5) is 0 Å². The van der Waals surface area contributed by atoms with Crippen molar-refractivity contribution in [2.75, 3.05) is 0 Å². The maximum atomic E-state index is 13.1. The highest BCUT2D eigenvalue weighted by Crippen LogP contribution is 2.72. The van der Waals surface area contributed by atoms with Crippen LogP contribution in [0.5, 0.6) is 0 Å². The SMILES string of the molecule is CC(C)=CCC[C@@H](C)[C@H]1CC[C@@]2(C)C3=C(CC[C@]12C)[C@@]1(C)CC[C@H](OC(=O)c2ccc(C#N)cc2)C(C)(C)C1CC3. The number of ether oxygens (including phenoxy) is 1. The first-order valence-electron chi connectivity index (χ1n) is 16.4. The van der Waals surface area contributed by atoms with Gasteiger partial charge in [-0.3, -0.25) is 0 Å². The molecule has 4 aliphatic rings. The van der Waals surface area contributed by atoms with Gasteiger partial charge < -0.3 is 4.74 Å². The number of hydrogen-bond donors (Lipinski definition) is 0. The van der Waals surface area contributed by atoms with Crippen molar-refractivity contribution in [2.45, 2.75) is 126 Å². The number of esters is 1. The topological polar surface area (TPSA) is 50.1 Å². The quantitative estimate of drug-likeness (QED) is 0.259. The van der Waals surface area contributed by atoms with Crippen molar-refractivity contribution in [2.24, 2.45) is 39.4 Å². The Labute approximate surface area is 249 Å². The van der Waals surface area contributed by atoms with E-state index in [9.17, 15) is 4.79 Å². The van der Waals surface area contributed by atoms with Crippen molar-refractivity contribution in [3.63, 3.8) is 0 Å². The van der Waals surface area contributed by atoms with E-state index in [4.69, 9.17) is 10.00 Å². The van der Waals surface area contributed by atoms with E-state index in [1.54, 1.807) is 29.8 Å². The molecule has 2 fully saturated rings. The summed E-state index contributed by atoms with van der Waals surface area (Å²) in [4.78, 5) is 13.1. The highest BCUT2D eigenvalue weighted by molar-refractivity contribution is 5.89. The predicted molar refractivity (Wildman–Crippen MR) is 167 cm³/mol. The van der Waals surface area contributed by atoms with Crippen molar-refractivity contribution in [1.82, 2.24) is 0 Å². The van der Waals surface area contributed by atoms with E-state index in [0.29, 0.717) is 27.9 Å². The minimum absolute atomic E-state index is 0.0900. The molecule has 3 nitrogen and oxygen atoms in total. The minimum atomic E-state index is -0.261. The molecule has 2 saturated carbocycles. The maximum Gasteiger partial charge on any atom is 0.338 e. The summed E-state index contributed by atoms with van der Waals surface area (Å²) in [5, 5.41) is 9.11. The van der Waals surface area contributed by atoms with Crippen LogP contribution in [0.25, 0.3) is 0 Å². The van der Waals surface area contributed by atoms with Crippen molar-refractivity contribution in [1.29, 1.82) is 5.26 Å².